The molecule has 0 radical (unpaired) electrons. The minimum absolute atomic E-state index is 0.0676. The standard InChI is InChI=1S/C27H41N5O4Si/c1-18-20(13-24(29-5)31-25(28)33)21(14-32(18)19-11-12-34-15-19)22-9-8-10-23(30-22)27(16-35-17-27)36-37(6,7)26(2,3)4/h8-10,14,19,24H,5,11-13,15-17H2,1-4,6-7H3,(H3,28,31,33)/t19-,24?/m1/s1. The van der Waals surface area contributed by atoms with E-state index in [1.165, 1.54) is 0 Å². The Hall–Kier alpha value is -2.53. The molecule has 2 aromatic rings. The molecule has 0 aromatic carbocycles. The molecule has 1 unspecified atom stereocenters. The van der Waals surface area contributed by atoms with Crippen molar-refractivity contribution in [3.05, 3.63) is 41.3 Å². The lowest BCUT2D eigenvalue weighted by molar-refractivity contribution is -0.176. The number of nitrogens with one attached hydrogen (secondary N) is 1. The second-order valence-electron chi connectivity index (χ2n) is 11.7. The maximum atomic E-state index is 11.6. The van der Waals surface area contributed by atoms with Gasteiger partial charge in [-0.05, 0) is 55.9 Å². The number of nitrogens with two attached hydrogens (primary N) is 1. The fourth-order valence-electron chi connectivity index (χ4n) is 4.81. The largest absolute Gasteiger partial charge is 0.402 e. The summed E-state index contributed by atoms with van der Waals surface area (Å²) in [5.41, 5.74) is 9.71. The Bertz CT molecular complexity index is 1150. The number of pyridine rings is 1. The summed E-state index contributed by atoms with van der Waals surface area (Å²) in [5.74, 6) is 0. The van der Waals surface area contributed by atoms with Gasteiger partial charge in [0.15, 0.2) is 8.32 Å². The van der Waals surface area contributed by atoms with Crippen molar-refractivity contribution in [1.29, 1.82) is 0 Å². The molecule has 2 saturated heterocycles. The zero-order valence-corrected chi connectivity index (χ0v) is 24.0. The number of ether oxygens (including phenoxy) is 2. The molecule has 37 heavy (non-hydrogen) atoms. The van der Waals surface area contributed by atoms with Gasteiger partial charge in [-0.25, -0.2) is 9.78 Å². The average molecular weight is 528 g/mol. The Labute approximate surface area is 220 Å². The second-order valence-corrected chi connectivity index (χ2v) is 16.4. The molecule has 10 heteroatoms. The fraction of sp³-hybridized carbons (Fsp3) is 0.593. The van der Waals surface area contributed by atoms with E-state index in [0.29, 0.717) is 26.2 Å². The molecule has 2 aliphatic rings. The average Bonchev–Trinajstić information content (AvgIpc) is 3.43. The number of carbonyl (C=O) groups is 1. The summed E-state index contributed by atoms with van der Waals surface area (Å²) >= 11 is 0. The minimum Gasteiger partial charge on any atom is -0.402 e. The van der Waals surface area contributed by atoms with E-state index in [1.807, 2.05) is 18.2 Å². The summed E-state index contributed by atoms with van der Waals surface area (Å²) < 4.78 is 20.5. The van der Waals surface area contributed by atoms with E-state index in [2.05, 4.69) is 68.6 Å². The summed E-state index contributed by atoms with van der Waals surface area (Å²) in [6.07, 6.45) is 3.02. The number of hydrogen-bond donors (Lipinski definition) is 2. The summed E-state index contributed by atoms with van der Waals surface area (Å²) in [7, 11) is -2.07. The number of aromatic nitrogens is 2. The molecule has 0 aliphatic carbocycles. The summed E-state index contributed by atoms with van der Waals surface area (Å²) in [6.45, 7) is 19.4. The van der Waals surface area contributed by atoms with Crippen molar-refractivity contribution in [2.24, 2.45) is 10.7 Å². The van der Waals surface area contributed by atoms with E-state index < -0.39 is 26.1 Å². The Kier molecular flexibility index (Phi) is 7.67. The van der Waals surface area contributed by atoms with E-state index in [-0.39, 0.29) is 11.1 Å². The third-order valence-electron chi connectivity index (χ3n) is 8.06. The molecule has 2 atom stereocenters. The van der Waals surface area contributed by atoms with Crippen LogP contribution in [0.1, 0.15) is 50.2 Å². The Morgan fingerprint density at radius 2 is 2.11 bits per heavy atom. The number of hydrogen-bond acceptors (Lipinski definition) is 6. The van der Waals surface area contributed by atoms with Gasteiger partial charge in [0.05, 0.1) is 37.3 Å². The Morgan fingerprint density at radius 3 is 2.65 bits per heavy atom. The summed E-state index contributed by atoms with van der Waals surface area (Å²) in [4.78, 5) is 20.8. The highest BCUT2D eigenvalue weighted by Crippen LogP contribution is 2.44. The van der Waals surface area contributed by atoms with E-state index in [0.717, 1.165) is 41.2 Å². The minimum atomic E-state index is -2.07. The first-order valence-corrected chi connectivity index (χ1v) is 15.8. The van der Waals surface area contributed by atoms with Crippen LogP contribution in [0.4, 0.5) is 4.79 Å². The highest BCUT2D eigenvalue weighted by molar-refractivity contribution is 6.74. The van der Waals surface area contributed by atoms with Crippen molar-refractivity contribution in [3.63, 3.8) is 0 Å². The van der Waals surface area contributed by atoms with Crippen molar-refractivity contribution in [1.82, 2.24) is 14.9 Å². The van der Waals surface area contributed by atoms with Gasteiger partial charge in [0.1, 0.15) is 11.8 Å². The van der Waals surface area contributed by atoms with E-state index in [4.69, 9.17) is 24.6 Å². The lowest BCUT2D eigenvalue weighted by atomic mass is 9.96. The van der Waals surface area contributed by atoms with Gasteiger partial charge >= 0.3 is 6.03 Å². The van der Waals surface area contributed by atoms with E-state index in [9.17, 15) is 4.79 Å². The van der Waals surface area contributed by atoms with Gasteiger partial charge in [-0.15, -0.1) is 0 Å². The maximum Gasteiger partial charge on any atom is 0.313 e. The number of carbonyl (C=O) groups excluding carboxylic acids is 1. The van der Waals surface area contributed by atoms with Crippen LogP contribution in [0.15, 0.2) is 29.4 Å². The van der Waals surface area contributed by atoms with Crippen LogP contribution in [-0.4, -0.2) is 63.2 Å². The molecule has 2 amide bonds. The third-order valence-corrected chi connectivity index (χ3v) is 12.6. The van der Waals surface area contributed by atoms with Gasteiger partial charge < -0.3 is 29.5 Å². The number of primary amides is 1. The maximum absolute atomic E-state index is 11.6. The van der Waals surface area contributed by atoms with Crippen LogP contribution in [0.5, 0.6) is 0 Å². The van der Waals surface area contributed by atoms with Crippen LogP contribution in [-0.2, 0) is 25.9 Å². The van der Waals surface area contributed by atoms with Crippen molar-refractivity contribution in [3.8, 4) is 11.3 Å². The molecule has 2 fully saturated rings. The molecule has 4 rings (SSSR count). The third kappa shape index (κ3) is 5.52. The molecule has 0 saturated carbocycles. The Balaban J connectivity index is 1.75. The van der Waals surface area contributed by atoms with Gasteiger partial charge in [0.25, 0.3) is 0 Å². The van der Waals surface area contributed by atoms with Crippen LogP contribution in [0.3, 0.4) is 0 Å². The van der Waals surface area contributed by atoms with E-state index in [1.54, 1.807) is 0 Å². The van der Waals surface area contributed by atoms with Gasteiger partial charge in [-0.2, -0.15) is 0 Å². The molecule has 9 nitrogen and oxygen atoms in total. The monoisotopic (exact) mass is 527 g/mol. The smallest absolute Gasteiger partial charge is 0.313 e. The van der Waals surface area contributed by atoms with Crippen molar-refractivity contribution >= 4 is 21.1 Å². The predicted octanol–water partition coefficient (Wildman–Crippen LogP) is 4.30. The topological polar surface area (TPSA) is 113 Å². The van der Waals surface area contributed by atoms with Crippen LogP contribution in [0.2, 0.25) is 18.1 Å². The van der Waals surface area contributed by atoms with Gasteiger partial charge in [-0.3, -0.25) is 4.99 Å². The summed E-state index contributed by atoms with van der Waals surface area (Å²) in [5, 5.41) is 2.75. The fourth-order valence-corrected chi connectivity index (χ4v) is 6.31. The SMILES string of the molecule is C=NC(Cc1c(-c2cccc(C3(O[Si](C)(C)C(C)(C)C)COC3)n2)cn([C@@H]2CCOC2)c1C)NC(N)=O. The number of aliphatic imine (C=N–C) groups is 1. The lowest BCUT2D eigenvalue weighted by Gasteiger charge is -2.49. The molecular weight excluding hydrogens is 486 g/mol. The van der Waals surface area contributed by atoms with Gasteiger partial charge in [-0.1, -0.05) is 26.8 Å². The number of rotatable bonds is 9. The molecular formula is C27H41N5O4Si. The quantitative estimate of drug-likeness (QED) is 0.373. The normalized spacial score (nSPS) is 20.3. The van der Waals surface area contributed by atoms with Crippen molar-refractivity contribution < 1.29 is 18.7 Å². The van der Waals surface area contributed by atoms with E-state index >= 15 is 0 Å². The van der Waals surface area contributed by atoms with Crippen molar-refractivity contribution in [2.75, 3.05) is 26.4 Å². The highest BCUT2D eigenvalue weighted by Gasteiger charge is 2.50. The van der Waals surface area contributed by atoms with Gasteiger partial charge in [0.2, 0.25) is 0 Å². The molecule has 4 heterocycles. The number of nitrogens with zero attached hydrogens (tertiary/aromatic N) is 3. The highest BCUT2D eigenvalue weighted by atomic mass is 28.4. The first-order chi connectivity index (χ1) is 17.4. The second kappa shape index (κ2) is 10.3. The summed E-state index contributed by atoms with van der Waals surface area (Å²) in [6, 6.07) is 5.72. The number of amides is 2. The predicted molar refractivity (Wildman–Crippen MR) is 147 cm³/mol. The first kappa shape index (κ1) is 27.5. The molecule has 202 valence electrons. The van der Waals surface area contributed by atoms with Crippen LogP contribution in [0.25, 0.3) is 11.3 Å². The molecule has 2 aliphatic heterocycles. The zero-order chi connectivity index (χ0) is 27.0. The first-order valence-electron chi connectivity index (χ1n) is 12.9. The molecule has 0 spiro atoms. The zero-order valence-electron chi connectivity index (χ0n) is 23.0. The van der Waals surface area contributed by atoms with Crippen LogP contribution >= 0.6 is 0 Å². The molecule has 0 bridgehead atoms. The van der Waals surface area contributed by atoms with Crippen molar-refractivity contribution in [2.45, 2.75) is 76.5 Å². The lowest BCUT2D eigenvalue weighted by Crippen LogP contribution is -2.57. The number of urea groups is 1. The van der Waals surface area contributed by atoms with Crippen LogP contribution < -0.4 is 11.1 Å². The Morgan fingerprint density at radius 1 is 1.38 bits per heavy atom. The molecule has 2 aromatic heterocycles. The van der Waals surface area contributed by atoms with Gasteiger partial charge in [0, 0.05) is 30.5 Å². The van der Waals surface area contributed by atoms with Crippen LogP contribution in [0, 0.1) is 6.92 Å². The molecule has 3 N–H and O–H groups in total.